The molecule has 1 aromatic heterocycles. The number of nitrogens with two attached hydrogens (primary N) is 1. The van der Waals surface area contributed by atoms with Crippen molar-refractivity contribution in [3.05, 3.63) is 47.4 Å². The molecule has 1 heterocycles. The van der Waals surface area contributed by atoms with Crippen molar-refractivity contribution in [3.8, 4) is 22.9 Å². The molecular weight excluding hydrogens is 256 g/mol. The molecule has 0 bridgehead atoms. The summed E-state index contributed by atoms with van der Waals surface area (Å²) in [5.74, 6) is 0.786. The lowest BCUT2D eigenvalue weighted by Gasteiger charge is -2.06. The number of hydrogen-bond acceptors (Lipinski definition) is 4. The second kappa shape index (κ2) is 5.59. The van der Waals surface area contributed by atoms with E-state index in [4.69, 9.17) is 15.7 Å². The van der Waals surface area contributed by atoms with Crippen LogP contribution in [0.1, 0.15) is 12.5 Å². The van der Waals surface area contributed by atoms with E-state index >= 15 is 0 Å². The van der Waals surface area contributed by atoms with Crippen molar-refractivity contribution in [2.45, 2.75) is 6.92 Å². The highest BCUT2D eigenvalue weighted by Crippen LogP contribution is 2.33. The van der Waals surface area contributed by atoms with E-state index in [-0.39, 0.29) is 0 Å². The summed E-state index contributed by atoms with van der Waals surface area (Å²) in [5, 5.41) is 11.5. The van der Waals surface area contributed by atoms with E-state index in [9.17, 15) is 0 Å². The number of anilines is 1. The maximum atomic E-state index is 9.09. The van der Waals surface area contributed by atoms with Crippen molar-refractivity contribution in [1.82, 2.24) is 0 Å². The van der Waals surface area contributed by atoms with Crippen LogP contribution in [0.15, 0.2) is 41.8 Å². The van der Waals surface area contributed by atoms with Gasteiger partial charge in [-0.15, -0.1) is 11.3 Å². The Labute approximate surface area is 116 Å². The number of nitrogen functional groups attached to an aromatic ring is 1. The first-order valence-corrected chi connectivity index (χ1v) is 6.64. The van der Waals surface area contributed by atoms with Gasteiger partial charge in [-0.3, -0.25) is 0 Å². The zero-order valence-corrected chi connectivity index (χ0v) is 11.5. The Kier molecular flexibility index (Phi) is 3.88. The molecule has 0 saturated heterocycles. The van der Waals surface area contributed by atoms with E-state index in [1.54, 1.807) is 0 Å². The topological polar surface area (TPSA) is 59.0 Å². The van der Waals surface area contributed by atoms with Crippen molar-refractivity contribution in [1.29, 1.82) is 5.26 Å². The van der Waals surface area contributed by atoms with Crippen molar-refractivity contribution >= 4 is 16.3 Å². The molecule has 0 atom stereocenters. The third-order valence-corrected chi connectivity index (χ3v) is 3.39. The Balaban J connectivity index is 2.23. The molecule has 2 N–H and O–H groups in total. The average Bonchev–Trinajstić information content (AvgIpc) is 2.78. The summed E-state index contributed by atoms with van der Waals surface area (Å²) in [6.45, 7) is 6.21. The molecule has 2 rings (SSSR count). The summed E-state index contributed by atoms with van der Waals surface area (Å²) in [6.07, 6.45) is 0. The molecule has 0 aliphatic rings. The second-order valence-electron chi connectivity index (χ2n) is 4.27. The van der Waals surface area contributed by atoms with Gasteiger partial charge < -0.3 is 10.5 Å². The molecule has 96 valence electrons. The van der Waals surface area contributed by atoms with Gasteiger partial charge in [0.1, 0.15) is 23.4 Å². The molecule has 0 fully saturated rings. The lowest BCUT2D eigenvalue weighted by molar-refractivity contribution is 0.353. The molecule has 1 aromatic carbocycles. The first kappa shape index (κ1) is 13.2. The molecule has 0 aliphatic carbocycles. The SMILES string of the molecule is C=C(C)COc1ccc(-c2csc(N)c2C#N)cc1. The van der Waals surface area contributed by atoms with E-state index in [0.29, 0.717) is 17.2 Å². The van der Waals surface area contributed by atoms with Crippen LogP contribution in [0.25, 0.3) is 11.1 Å². The fourth-order valence-electron chi connectivity index (χ4n) is 1.64. The first-order chi connectivity index (χ1) is 9.11. The fraction of sp³-hybridized carbons (Fsp3) is 0.133. The minimum atomic E-state index is 0.508. The number of hydrogen-bond donors (Lipinski definition) is 1. The summed E-state index contributed by atoms with van der Waals surface area (Å²) in [6, 6.07) is 9.76. The highest BCUT2D eigenvalue weighted by molar-refractivity contribution is 7.14. The van der Waals surface area contributed by atoms with E-state index in [0.717, 1.165) is 22.4 Å². The van der Waals surface area contributed by atoms with Gasteiger partial charge in [0.15, 0.2) is 0 Å². The zero-order chi connectivity index (χ0) is 13.8. The number of thiophene rings is 1. The van der Waals surface area contributed by atoms with Crippen LogP contribution >= 0.6 is 11.3 Å². The van der Waals surface area contributed by atoms with Gasteiger partial charge in [-0.1, -0.05) is 18.7 Å². The van der Waals surface area contributed by atoms with Gasteiger partial charge in [0.05, 0.1) is 5.56 Å². The molecule has 19 heavy (non-hydrogen) atoms. The minimum Gasteiger partial charge on any atom is -0.489 e. The van der Waals surface area contributed by atoms with E-state index in [1.807, 2.05) is 36.6 Å². The Morgan fingerprint density at radius 1 is 1.42 bits per heavy atom. The molecule has 0 radical (unpaired) electrons. The smallest absolute Gasteiger partial charge is 0.119 e. The largest absolute Gasteiger partial charge is 0.489 e. The Morgan fingerprint density at radius 2 is 2.11 bits per heavy atom. The highest BCUT2D eigenvalue weighted by atomic mass is 32.1. The van der Waals surface area contributed by atoms with Gasteiger partial charge in [0, 0.05) is 10.9 Å². The zero-order valence-electron chi connectivity index (χ0n) is 10.6. The van der Waals surface area contributed by atoms with Crippen LogP contribution in [-0.4, -0.2) is 6.61 Å². The standard InChI is InChI=1S/C15H14N2OS/c1-10(2)8-18-12-5-3-11(4-6-12)14-9-19-15(17)13(14)7-16/h3-6,9H,1,8,17H2,2H3. The second-order valence-corrected chi connectivity index (χ2v) is 5.18. The summed E-state index contributed by atoms with van der Waals surface area (Å²) < 4.78 is 5.53. The van der Waals surface area contributed by atoms with Crippen molar-refractivity contribution < 1.29 is 4.74 Å². The number of nitriles is 1. The van der Waals surface area contributed by atoms with Gasteiger partial charge in [0.25, 0.3) is 0 Å². The molecule has 2 aromatic rings. The number of nitrogens with zero attached hydrogens (tertiary/aromatic N) is 1. The maximum absolute atomic E-state index is 9.09. The molecule has 4 heteroatoms. The molecular formula is C15H14N2OS. The van der Waals surface area contributed by atoms with Gasteiger partial charge in [0.2, 0.25) is 0 Å². The summed E-state index contributed by atoms with van der Waals surface area (Å²) in [7, 11) is 0. The summed E-state index contributed by atoms with van der Waals surface area (Å²) in [4.78, 5) is 0. The van der Waals surface area contributed by atoms with Crippen LogP contribution in [0.5, 0.6) is 5.75 Å². The van der Waals surface area contributed by atoms with Crippen molar-refractivity contribution in [3.63, 3.8) is 0 Å². The third kappa shape index (κ3) is 2.95. The third-order valence-electron chi connectivity index (χ3n) is 2.58. The number of benzene rings is 1. The van der Waals surface area contributed by atoms with Crippen LogP contribution in [-0.2, 0) is 0 Å². The first-order valence-electron chi connectivity index (χ1n) is 5.76. The van der Waals surface area contributed by atoms with Gasteiger partial charge in [-0.25, -0.2) is 0 Å². The fourth-order valence-corrected chi connectivity index (χ4v) is 2.41. The summed E-state index contributed by atoms with van der Waals surface area (Å²) in [5.41, 5.74) is 9.11. The van der Waals surface area contributed by atoms with Crippen molar-refractivity contribution in [2.24, 2.45) is 0 Å². The van der Waals surface area contributed by atoms with E-state index in [2.05, 4.69) is 12.6 Å². The maximum Gasteiger partial charge on any atom is 0.119 e. The van der Waals surface area contributed by atoms with Crippen LogP contribution in [0, 0.1) is 11.3 Å². The number of ether oxygens (including phenoxy) is 1. The Bertz CT molecular complexity index is 635. The van der Waals surface area contributed by atoms with Crippen LogP contribution in [0.3, 0.4) is 0 Å². The molecule has 0 spiro atoms. The monoisotopic (exact) mass is 270 g/mol. The number of rotatable bonds is 4. The van der Waals surface area contributed by atoms with Gasteiger partial charge in [-0.2, -0.15) is 5.26 Å². The summed E-state index contributed by atoms with van der Waals surface area (Å²) >= 11 is 1.38. The Morgan fingerprint density at radius 3 is 2.68 bits per heavy atom. The molecule has 0 amide bonds. The predicted octanol–water partition coefficient (Wildman–Crippen LogP) is 3.82. The minimum absolute atomic E-state index is 0.508. The van der Waals surface area contributed by atoms with E-state index < -0.39 is 0 Å². The molecule has 3 nitrogen and oxygen atoms in total. The quantitative estimate of drug-likeness (QED) is 0.859. The predicted molar refractivity (Wildman–Crippen MR) is 79.2 cm³/mol. The highest BCUT2D eigenvalue weighted by Gasteiger charge is 2.10. The van der Waals surface area contributed by atoms with Crippen molar-refractivity contribution in [2.75, 3.05) is 12.3 Å². The molecule has 0 unspecified atom stereocenters. The molecule has 0 aliphatic heterocycles. The van der Waals surface area contributed by atoms with Crippen LogP contribution < -0.4 is 10.5 Å². The normalized spacial score (nSPS) is 9.89. The van der Waals surface area contributed by atoms with Crippen LogP contribution in [0.2, 0.25) is 0 Å². The van der Waals surface area contributed by atoms with Crippen LogP contribution in [0.4, 0.5) is 5.00 Å². The van der Waals surface area contributed by atoms with E-state index in [1.165, 1.54) is 11.3 Å². The lowest BCUT2D eigenvalue weighted by Crippen LogP contribution is -1.97. The van der Waals surface area contributed by atoms with Gasteiger partial charge >= 0.3 is 0 Å². The Hall–Kier alpha value is -2.25. The van der Waals surface area contributed by atoms with Gasteiger partial charge in [-0.05, 0) is 30.2 Å². The lowest BCUT2D eigenvalue weighted by atomic mass is 10.0. The average molecular weight is 270 g/mol. The molecule has 0 saturated carbocycles.